The third kappa shape index (κ3) is 2.96. The summed E-state index contributed by atoms with van der Waals surface area (Å²) in [5.41, 5.74) is 3.87. The zero-order valence-electron chi connectivity index (χ0n) is 17.5. The molecule has 4 heteroatoms. The molecule has 1 N–H and O–H groups in total. The van der Waals surface area contributed by atoms with Crippen molar-refractivity contribution < 1.29 is 4.79 Å². The summed E-state index contributed by atoms with van der Waals surface area (Å²) < 4.78 is 0. The quantitative estimate of drug-likeness (QED) is 0.333. The molecule has 0 spiro atoms. The molecule has 0 aliphatic heterocycles. The molecule has 0 radical (unpaired) electrons. The first-order valence-electron chi connectivity index (χ1n) is 10.5. The fourth-order valence-corrected chi connectivity index (χ4v) is 4.43. The number of rotatable bonds is 3. The molecule has 0 saturated heterocycles. The molecule has 0 aliphatic carbocycles. The largest absolute Gasteiger partial charge is 0.321 e. The van der Waals surface area contributed by atoms with Crippen LogP contribution in [0.3, 0.4) is 0 Å². The van der Waals surface area contributed by atoms with E-state index in [0.717, 1.165) is 22.3 Å². The molecule has 32 heavy (non-hydrogen) atoms. The van der Waals surface area contributed by atoms with E-state index in [2.05, 4.69) is 63.8 Å². The molecule has 4 nitrogen and oxygen atoms in total. The summed E-state index contributed by atoms with van der Waals surface area (Å²) in [5.74, 6) is -0.170. The second kappa shape index (κ2) is 7.13. The Balaban J connectivity index is 1.42. The van der Waals surface area contributed by atoms with E-state index in [9.17, 15) is 4.79 Å². The van der Waals surface area contributed by atoms with Crippen LogP contribution in [-0.4, -0.2) is 15.9 Å². The van der Waals surface area contributed by atoms with Crippen molar-refractivity contribution in [2.24, 2.45) is 0 Å². The lowest BCUT2D eigenvalue weighted by atomic mass is 9.93. The van der Waals surface area contributed by atoms with Crippen molar-refractivity contribution in [2.75, 3.05) is 5.32 Å². The van der Waals surface area contributed by atoms with E-state index >= 15 is 0 Å². The standard InChI is InChI=1S/C28H19N3O/c1-17-11-13-29-24(15-17)25-16-21(12-14-30-25)28(32)31-23-10-8-20-6-5-18-3-2-4-19-7-9-22(23)27(20)26(18)19/h2-16H,1H3,(H,31,32). The van der Waals surface area contributed by atoms with E-state index in [4.69, 9.17) is 0 Å². The molecule has 6 rings (SSSR count). The summed E-state index contributed by atoms with van der Waals surface area (Å²) in [7, 11) is 0. The fraction of sp³-hybridized carbons (Fsp3) is 0.0357. The van der Waals surface area contributed by atoms with Gasteiger partial charge in [-0.15, -0.1) is 0 Å². The first-order valence-corrected chi connectivity index (χ1v) is 10.5. The summed E-state index contributed by atoms with van der Waals surface area (Å²) in [6.45, 7) is 2.01. The first kappa shape index (κ1) is 18.5. The van der Waals surface area contributed by atoms with Crippen molar-refractivity contribution in [3.8, 4) is 11.4 Å². The van der Waals surface area contributed by atoms with Gasteiger partial charge in [0.15, 0.2) is 0 Å². The van der Waals surface area contributed by atoms with Crippen LogP contribution in [0, 0.1) is 6.92 Å². The highest BCUT2D eigenvalue weighted by Gasteiger charge is 2.14. The van der Waals surface area contributed by atoms with Gasteiger partial charge in [0.05, 0.1) is 11.4 Å². The van der Waals surface area contributed by atoms with Crippen molar-refractivity contribution in [2.45, 2.75) is 6.92 Å². The molecule has 2 aromatic heterocycles. The van der Waals surface area contributed by atoms with Gasteiger partial charge in [-0.1, -0.05) is 48.5 Å². The number of hydrogen-bond acceptors (Lipinski definition) is 3. The number of nitrogens with zero attached hydrogens (tertiary/aromatic N) is 2. The van der Waals surface area contributed by atoms with Gasteiger partial charge in [-0.25, -0.2) is 0 Å². The average Bonchev–Trinajstić information content (AvgIpc) is 2.83. The van der Waals surface area contributed by atoms with Gasteiger partial charge in [-0.3, -0.25) is 14.8 Å². The second-order valence-electron chi connectivity index (χ2n) is 8.07. The SMILES string of the molecule is Cc1ccnc(-c2cc(C(=O)Nc3ccc4ccc5cccc6ccc3c4c56)ccn2)c1. The summed E-state index contributed by atoms with van der Waals surface area (Å²) in [4.78, 5) is 22.0. The van der Waals surface area contributed by atoms with Gasteiger partial charge in [-0.05, 0) is 69.8 Å². The van der Waals surface area contributed by atoms with Crippen LogP contribution in [0.15, 0.2) is 91.3 Å². The molecule has 1 amide bonds. The zero-order chi connectivity index (χ0) is 21.7. The van der Waals surface area contributed by atoms with Crippen molar-refractivity contribution in [3.63, 3.8) is 0 Å². The molecule has 0 bridgehead atoms. The topological polar surface area (TPSA) is 54.9 Å². The van der Waals surface area contributed by atoms with Crippen LogP contribution in [0.25, 0.3) is 43.7 Å². The molecule has 0 saturated carbocycles. The maximum atomic E-state index is 13.2. The van der Waals surface area contributed by atoms with Crippen LogP contribution in [0.4, 0.5) is 5.69 Å². The van der Waals surface area contributed by atoms with Crippen LogP contribution in [0.1, 0.15) is 15.9 Å². The molecular weight excluding hydrogens is 394 g/mol. The lowest BCUT2D eigenvalue weighted by Crippen LogP contribution is -2.12. The number of aryl methyl sites for hydroxylation is 1. The number of carbonyl (C=O) groups excluding carboxylic acids is 1. The zero-order valence-corrected chi connectivity index (χ0v) is 17.5. The summed E-state index contributed by atoms with van der Waals surface area (Å²) in [6.07, 6.45) is 3.40. The van der Waals surface area contributed by atoms with Gasteiger partial charge < -0.3 is 5.32 Å². The molecule has 0 atom stereocenters. The summed E-state index contributed by atoms with van der Waals surface area (Å²) >= 11 is 0. The number of anilines is 1. The highest BCUT2D eigenvalue weighted by Crippen LogP contribution is 2.37. The number of nitrogens with one attached hydrogen (secondary N) is 1. The van der Waals surface area contributed by atoms with Crippen LogP contribution in [0.2, 0.25) is 0 Å². The number of aromatic nitrogens is 2. The van der Waals surface area contributed by atoms with E-state index < -0.39 is 0 Å². The van der Waals surface area contributed by atoms with Gasteiger partial charge in [0.2, 0.25) is 0 Å². The van der Waals surface area contributed by atoms with E-state index in [0.29, 0.717) is 11.3 Å². The highest BCUT2D eigenvalue weighted by atomic mass is 16.1. The second-order valence-corrected chi connectivity index (χ2v) is 8.07. The Bertz CT molecular complexity index is 1620. The predicted molar refractivity (Wildman–Crippen MR) is 130 cm³/mol. The minimum absolute atomic E-state index is 0.170. The molecule has 4 aromatic carbocycles. The maximum absolute atomic E-state index is 13.2. The Labute approximate surface area is 184 Å². The highest BCUT2D eigenvalue weighted by molar-refractivity contribution is 6.26. The predicted octanol–water partition coefficient (Wildman–Crippen LogP) is 6.60. The van der Waals surface area contributed by atoms with Crippen molar-refractivity contribution in [1.82, 2.24) is 9.97 Å². The Kier molecular flexibility index (Phi) is 4.12. The number of carbonyl (C=O) groups is 1. The average molecular weight is 413 g/mol. The smallest absolute Gasteiger partial charge is 0.255 e. The third-order valence-corrected chi connectivity index (χ3v) is 5.98. The summed E-state index contributed by atoms with van der Waals surface area (Å²) in [6, 6.07) is 26.3. The maximum Gasteiger partial charge on any atom is 0.255 e. The Morgan fingerprint density at radius 3 is 2.16 bits per heavy atom. The van der Waals surface area contributed by atoms with E-state index in [1.165, 1.54) is 26.9 Å². The molecule has 0 unspecified atom stereocenters. The van der Waals surface area contributed by atoms with E-state index in [-0.39, 0.29) is 5.91 Å². The Morgan fingerprint density at radius 1 is 0.719 bits per heavy atom. The fourth-order valence-electron chi connectivity index (χ4n) is 4.43. The minimum Gasteiger partial charge on any atom is -0.321 e. The molecular formula is C28H19N3O. The molecule has 0 aliphatic rings. The Morgan fingerprint density at radius 2 is 1.38 bits per heavy atom. The molecule has 0 fully saturated rings. The molecule has 152 valence electrons. The molecule has 2 heterocycles. The summed E-state index contributed by atoms with van der Waals surface area (Å²) in [5, 5.41) is 10.1. The third-order valence-electron chi connectivity index (χ3n) is 5.98. The van der Waals surface area contributed by atoms with Gasteiger partial charge in [0.25, 0.3) is 5.91 Å². The lowest BCUT2D eigenvalue weighted by Gasteiger charge is -2.14. The van der Waals surface area contributed by atoms with Gasteiger partial charge in [0, 0.05) is 29.0 Å². The van der Waals surface area contributed by atoms with Crippen LogP contribution >= 0.6 is 0 Å². The van der Waals surface area contributed by atoms with Crippen molar-refractivity contribution in [3.05, 3.63) is 102 Å². The number of pyridine rings is 2. The van der Waals surface area contributed by atoms with Gasteiger partial charge >= 0.3 is 0 Å². The van der Waals surface area contributed by atoms with Crippen LogP contribution in [0.5, 0.6) is 0 Å². The molecule has 6 aromatic rings. The number of benzene rings is 4. The van der Waals surface area contributed by atoms with Crippen molar-refractivity contribution in [1.29, 1.82) is 0 Å². The monoisotopic (exact) mass is 413 g/mol. The van der Waals surface area contributed by atoms with E-state index in [1.807, 2.05) is 25.1 Å². The van der Waals surface area contributed by atoms with Crippen LogP contribution < -0.4 is 5.32 Å². The Hall–Kier alpha value is -4.31. The van der Waals surface area contributed by atoms with Gasteiger partial charge in [0.1, 0.15) is 0 Å². The van der Waals surface area contributed by atoms with Gasteiger partial charge in [-0.2, -0.15) is 0 Å². The number of hydrogen-bond donors (Lipinski definition) is 1. The van der Waals surface area contributed by atoms with Crippen LogP contribution in [-0.2, 0) is 0 Å². The minimum atomic E-state index is -0.170. The first-order chi connectivity index (χ1) is 15.7. The lowest BCUT2D eigenvalue weighted by molar-refractivity contribution is 0.102. The van der Waals surface area contributed by atoms with E-state index in [1.54, 1.807) is 24.5 Å². The van der Waals surface area contributed by atoms with Crippen molar-refractivity contribution >= 4 is 43.9 Å². The number of amides is 1. The normalized spacial score (nSPS) is 11.4.